The van der Waals surface area contributed by atoms with E-state index in [0.29, 0.717) is 41.8 Å². The van der Waals surface area contributed by atoms with Gasteiger partial charge < -0.3 is 23.8 Å². The van der Waals surface area contributed by atoms with Crippen molar-refractivity contribution in [3.8, 4) is 27.7 Å². The van der Waals surface area contributed by atoms with Gasteiger partial charge in [0.2, 0.25) is 0 Å². The van der Waals surface area contributed by atoms with Gasteiger partial charge in [0.25, 0.3) is 5.92 Å². The summed E-state index contributed by atoms with van der Waals surface area (Å²) in [5, 5.41) is 6.22. The first-order valence-corrected chi connectivity index (χ1v) is 16.8. The van der Waals surface area contributed by atoms with Gasteiger partial charge in [0.05, 0.1) is 29.7 Å². The van der Waals surface area contributed by atoms with E-state index in [0.717, 1.165) is 53.2 Å². The minimum Gasteiger partial charge on any atom is -0.487 e. The van der Waals surface area contributed by atoms with Crippen LogP contribution in [0.3, 0.4) is 0 Å². The summed E-state index contributed by atoms with van der Waals surface area (Å²) in [5.74, 6) is -2.60. The van der Waals surface area contributed by atoms with Gasteiger partial charge in [-0.25, -0.2) is 22.6 Å². The number of hydrogen-bond donors (Lipinski definition) is 0. The van der Waals surface area contributed by atoms with E-state index in [2.05, 4.69) is 5.10 Å². The largest absolute Gasteiger partial charge is 0.487 e. The highest BCUT2D eigenvalue weighted by molar-refractivity contribution is 7.23. The molecule has 2 fully saturated rings. The Kier molecular flexibility index (Phi) is 8.27. The number of carbonyl (C=O) groups is 1. The maximum atomic E-state index is 14.9. The van der Waals surface area contributed by atoms with E-state index < -0.39 is 22.9 Å². The second-order valence-corrected chi connectivity index (χ2v) is 14.3. The zero-order valence-electron chi connectivity index (χ0n) is 27.1. The van der Waals surface area contributed by atoms with Crippen LogP contribution in [0, 0.1) is 5.82 Å². The van der Waals surface area contributed by atoms with Gasteiger partial charge in [-0.15, -0.1) is 11.3 Å². The van der Waals surface area contributed by atoms with Crippen molar-refractivity contribution >= 4 is 38.4 Å². The monoisotopic (exact) mass is 679 g/mol. The van der Waals surface area contributed by atoms with Gasteiger partial charge in [-0.3, -0.25) is 0 Å². The molecule has 48 heavy (non-hydrogen) atoms. The van der Waals surface area contributed by atoms with Crippen LogP contribution in [0.25, 0.3) is 31.4 Å². The van der Waals surface area contributed by atoms with E-state index in [1.54, 1.807) is 35.4 Å². The van der Waals surface area contributed by atoms with Crippen molar-refractivity contribution in [3.05, 3.63) is 72.2 Å². The number of rotatable bonds is 7. The highest BCUT2D eigenvalue weighted by Crippen LogP contribution is 2.51. The normalized spacial score (nSPS) is 17.5. The van der Waals surface area contributed by atoms with Gasteiger partial charge in [0, 0.05) is 40.1 Å². The first-order valence-electron chi connectivity index (χ1n) is 16.0. The van der Waals surface area contributed by atoms with Crippen LogP contribution in [0.1, 0.15) is 58.7 Å². The van der Waals surface area contributed by atoms with Gasteiger partial charge in [-0.1, -0.05) is 6.07 Å². The van der Waals surface area contributed by atoms with Crippen molar-refractivity contribution in [3.63, 3.8) is 0 Å². The molecule has 0 bridgehead atoms. The number of hydrogen-bond acceptors (Lipinski definition) is 7. The quantitative estimate of drug-likeness (QED) is 0.171. The fraction of sp³-hybridized carbons (Fsp3) is 0.389. The first kappa shape index (κ1) is 32.3. The number of aromatic nitrogens is 2. The third kappa shape index (κ3) is 6.43. The lowest BCUT2D eigenvalue weighted by molar-refractivity contribution is -0.0366. The van der Waals surface area contributed by atoms with E-state index in [1.807, 2.05) is 37.6 Å². The van der Waals surface area contributed by atoms with Gasteiger partial charge in [0.15, 0.2) is 12.0 Å². The second kappa shape index (κ2) is 12.3. The maximum absolute atomic E-state index is 14.9. The Bertz CT molecular complexity index is 1970. The Labute approximate surface area is 279 Å². The Balaban J connectivity index is 1.20. The molecule has 2 saturated heterocycles. The number of fused-ring (bicyclic) bond motifs is 3. The number of halogens is 3. The molecule has 0 aliphatic carbocycles. The molecule has 0 spiro atoms. The molecule has 7 rings (SSSR count). The van der Waals surface area contributed by atoms with E-state index >= 15 is 0 Å². The number of amides is 1. The smallest absolute Gasteiger partial charge is 0.410 e. The zero-order valence-corrected chi connectivity index (χ0v) is 27.9. The Morgan fingerprint density at radius 2 is 1.73 bits per heavy atom. The number of alkyl halides is 2. The van der Waals surface area contributed by atoms with Crippen LogP contribution in [0.2, 0.25) is 0 Å². The molecular formula is C36H36F3N3O5S. The molecule has 1 unspecified atom stereocenters. The third-order valence-electron chi connectivity index (χ3n) is 8.36. The van der Waals surface area contributed by atoms with Crippen molar-refractivity contribution in [2.45, 2.75) is 70.8 Å². The van der Waals surface area contributed by atoms with Crippen LogP contribution in [-0.2, 0) is 15.4 Å². The predicted octanol–water partition coefficient (Wildman–Crippen LogP) is 9.66. The molecule has 252 valence electrons. The molecule has 12 heteroatoms. The summed E-state index contributed by atoms with van der Waals surface area (Å²) in [6, 6.07) is 14.3. The minimum atomic E-state index is -3.30. The molecule has 1 atom stereocenters. The predicted molar refractivity (Wildman–Crippen MR) is 178 cm³/mol. The summed E-state index contributed by atoms with van der Waals surface area (Å²) in [6.45, 7) is 7.73. The number of likely N-dealkylation sites (tertiary alicyclic amines) is 1. The molecule has 0 radical (unpaired) electrons. The number of ether oxygens (including phenoxy) is 4. The van der Waals surface area contributed by atoms with E-state index in [1.165, 1.54) is 23.5 Å². The van der Waals surface area contributed by atoms with Crippen molar-refractivity contribution in [2.75, 3.05) is 19.7 Å². The second-order valence-electron chi connectivity index (χ2n) is 13.3. The van der Waals surface area contributed by atoms with Gasteiger partial charge >= 0.3 is 6.09 Å². The Morgan fingerprint density at radius 3 is 2.42 bits per heavy atom. The average Bonchev–Trinajstić information content (AvgIpc) is 3.60. The number of nitrogens with zero attached hydrogens (tertiary/aromatic N) is 3. The first-order chi connectivity index (χ1) is 22.8. The maximum Gasteiger partial charge on any atom is 0.410 e. The number of carbonyl (C=O) groups excluding carboxylic acids is 1. The fourth-order valence-corrected chi connectivity index (χ4v) is 7.32. The molecule has 1 amide bonds. The summed E-state index contributed by atoms with van der Waals surface area (Å²) in [5.41, 5.74) is 0.0681. The zero-order chi connectivity index (χ0) is 33.8. The lowest BCUT2D eigenvalue weighted by Crippen LogP contribution is -2.57. The molecule has 8 nitrogen and oxygen atoms in total. The Morgan fingerprint density at radius 1 is 0.979 bits per heavy atom. The SMILES string of the molecule is CC(C)(C)OC(=O)N1CC(Oc2ccc(Oc3c(-c4ccc(F)cc4C(C)(F)F)sc4c3ccc3c4cnn3C3CCCCO3)cc2)C1. The molecule has 4 heterocycles. The van der Waals surface area contributed by atoms with Crippen LogP contribution in [-0.4, -0.2) is 52.2 Å². The number of thiophene rings is 1. The van der Waals surface area contributed by atoms with Crippen LogP contribution in [0.15, 0.2) is 60.8 Å². The fourth-order valence-electron chi connectivity index (χ4n) is 6.04. The standard InChI is InChI=1S/C36H36F3N3O5S/c1-35(2,3)47-34(43)41-19-24(20-41)45-22-9-11-23(12-10-22)46-31-26-14-15-29-27(18-40-42(29)30-7-5-6-16-44-30)32(26)48-33(31)25-13-8-21(37)17-28(25)36(4,38)39/h8-15,17-18,24,30H,5-7,16,19-20H2,1-4H3. The van der Waals surface area contributed by atoms with Crippen molar-refractivity contribution in [1.29, 1.82) is 0 Å². The van der Waals surface area contributed by atoms with Gasteiger partial charge in [-0.2, -0.15) is 5.10 Å². The summed E-state index contributed by atoms with van der Waals surface area (Å²) >= 11 is 1.31. The summed E-state index contributed by atoms with van der Waals surface area (Å²) in [6.07, 6.45) is 3.96. The van der Waals surface area contributed by atoms with E-state index in [-0.39, 0.29) is 24.0 Å². The lowest BCUT2D eigenvalue weighted by atomic mass is 10.00. The molecule has 5 aromatic rings. The van der Waals surface area contributed by atoms with E-state index in [4.69, 9.17) is 18.9 Å². The van der Waals surface area contributed by atoms with E-state index in [9.17, 15) is 18.0 Å². The summed E-state index contributed by atoms with van der Waals surface area (Å²) in [4.78, 5) is 14.3. The summed E-state index contributed by atoms with van der Waals surface area (Å²) < 4.78 is 70.7. The van der Waals surface area contributed by atoms with Crippen LogP contribution in [0.4, 0.5) is 18.0 Å². The Hall–Kier alpha value is -4.29. The van der Waals surface area contributed by atoms with Crippen LogP contribution >= 0.6 is 11.3 Å². The van der Waals surface area contributed by atoms with Crippen molar-refractivity contribution in [1.82, 2.24) is 14.7 Å². The molecule has 0 saturated carbocycles. The van der Waals surface area contributed by atoms with Gasteiger partial charge in [-0.05, 0) is 88.6 Å². The highest BCUT2D eigenvalue weighted by atomic mass is 32.1. The molecule has 2 aliphatic rings. The van der Waals surface area contributed by atoms with Crippen molar-refractivity contribution < 1.29 is 36.9 Å². The van der Waals surface area contributed by atoms with Crippen LogP contribution < -0.4 is 9.47 Å². The van der Waals surface area contributed by atoms with Crippen LogP contribution in [0.5, 0.6) is 17.2 Å². The topological polar surface area (TPSA) is 75.0 Å². The minimum absolute atomic E-state index is 0.174. The molecule has 2 aliphatic heterocycles. The average molecular weight is 680 g/mol. The van der Waals surface area contributed by atoms with Crippen molar-refractivity contribution in [2.24, 2.45) is 0 Å². The molecule has 2 aromatic heterocycles. The molecule has 3 aromatic carbocycles. The number of benzene rings is 3. The highest BCUT2D eigenvalue weighted by Gasteiger charge is 2.35. The summed E-state index contributed by atoms with van der Waals surface area (Å²) in [7, 11) is 0. The molecular weight excluding hydrogens is 643 g/mol. The lowest BCUT2D eigenvalue weighted by Gasteiger charge is -2.39. The third-order valence-corrected chi connectivity index (χ3v) is 9.61. The molecule has 0 N–H and O–H groups in total. The van der Waals surface area contributed by atoms with Gasteiger partial charge in [0.1, 0.15) is 29.0 Å².